The number of benzene rings is 1. The van der Waals surface area contributed by atoms with Crippen LogP contribution >= 0.6 is 0 Å². The van der Waals surface area contributed by atoms with Crippen LogP contribution in [0.15, 0.2) is 18.2 Å². The van der Waals surface area contributed by atoms with E-state index in [0.29, 0.717) is 6.07 Å². The van der Waals surface area contributed by atoms with Gasteiger partial charge >= 0.3 is 0 Å². The minimum Gasteiger partial charge on any atom is -0.386 e. The largest absolute Gasteiger partial charge is 0.386 e. The summed E-state index contributed by atoms with van der Waals surface area (Å²) in [4.78, 5) is 0. The van der Waals surface area contributed by atoms with Gasteiger partial charge in [-0.3, -0.25) is 0 Å². The maximum absolute atomic E-state index is 12.7. The highest BCUT2D eigenvalue weighted by Gasteiger charge is 2.12. The first-order valence-corrected chi connectivity index (χ1v) is 3.34. The van der Waals surface area contributed by atoms with Gasteiger partial charge in [0.05, 0.1) is 0 Å². The van der Waals surface area contributed by atoms with Crippen molar-refractivity contribution in [3.63, 3.8) is 0 Å². The molecular formula is C8H7F3O. The number of halogens is 3. The first-order chi connectivity index (χ1) is 5.65. The van der Waals surface area contributed by atoms with Crippen LogP contribution in [0.1, 0.15) is 11.7 Å². The lowest BCUT2D eigenvalue weighted by molar-refractivity contribution is 0.137. The lowest BCUT2D eigenvalue weighted by Gasteiger charge is -2.06. The van der Waals surface area contributed by atoms with E-state index in [4.69, 9.17) is 5.11 Å². The molecule has 1 rings (SSSR count). The number of hydrogen-bond acceptors (Lipinski definition) is 1. The third-order valence-corrected chi connectivity index (χ3v) is 1.47. The van der Waals surface area contributed by atoms with Gasteiger partial charge in [0, 0.05) is 11.6 Å². The monoisotopic (exact) mass is 176 g/mol. The van der Waals surface area contributed by atoms with E-state index in [1.54, 1.807) is 0 Å². The van der Waals surface area contributed by atoms with Crippen LogP contribution in [0.3, 0.4) is 0 Å². The highest BCUT2D eigenvalue weighted by atomic mass is 19.1. The second-order valence-corrected chi connectivity index (χ2v) is 2.34. The van der Waals surface area contributed by atoms with E-state index in [1.807, 2.05) is 0 Å². The molecular weight excluding hydrogens is 169 g/mol. The van der Waals surface area contributed by atoms with E-state index in [2.05, 4.69) is 0 Å². The summed E-state index contributed by atoms with van der Waals surface area (Å²) in [7, 11) is 0. The van der Waals surface area contributed by atoms with Gasteiger partial charge in [0.1, 0.15) is 24.4 Å². The molecule has 1 unspecified atom stereocenters. The number of alkyl halides is 1. The Kier molecular flexibility index (Phi) is 2.70. The molecule has 0 aliphatic heterocycles. The predicted octanol–water partition coefficient (Wildman–Crippen LogP) is 1.97. The van der Waals surface area contributed by atoms with Gasteiger partial charge in [0.25, 0.3) is 0 Å². The topological polar surface area (TPSA) is 20.2 Å². The van der Waals surface area contributed by atoms with Gasteiger partial charge in [-0.1, -0.05) is 6.07 Å². The fraction of sp³-hybridized carbons (Fsp3) is 0.250. The molecule has 0 amide bonds. The summed E-state index contributed by atoms with van der Waals surface area (Å²) >= 11 is 0. The summed E-state index contributed by atoms with van der Waals surface area (Å²) in [5.74, 6) is -1.68. The minimum absolute atomic E-state index is 0.223. The van der Waals surface area contributed by atoms with Gasteiger partial charge in [0.15, 0.2) is 0 Å². The van der Waals surface area contributed by atoms with Gasteiger partial charge < -0.3 is 5.11 Å². The Morgan fingerprint density at radius 1 is 1.33 bits per heavy atom. The molecule has 0 heterocycles. The maximum Gasteiger partial charge on any atom is 0.132 e. The Morgan fingerprint density at radius 3 is 2.50 bits per heavy atom. The van der Waals surface area contributed by atoms with Gasteiger partial charge in [-0.2, -0.15) is 0 Å². The van der Waals surface area contributed by atoms with Crippen LogP contribution in [0.4, 0.5) is 13.2 Å². The molecule has 0 aromatic heterocycles. The molecule has 0 spiro atoms. The molecule has 0 aliphatic carbocycles. The first kappa shape index (κ1) is 9.06. The Hall–Kier alpha value is -1.03. The molecule has 0 bridgehead atoms. The second kappa shape index (κ2) is 3.58. The Balaban J connectivity index is 3.01. The van der Waals surface area contributed by atoms with Gasteiger partial charge in [-0.15, -0.1) is 0 Å². The first-order valence-electron chi connectivity index (χ1n) is 3.34. The average Bonchev–Trinajstić information content (AvgIpc) is 2.03. The van der Waals surface area contributed by atoms with Crippen molar-refractivity contribution < 1.29 is 18.3 Å². The molecule has 66 valence electrons. The van der Waals surface area contributed by atoms with Gasteiger partial charge in [-0.25, -0.2) is 13.2 Å². The van der Waals surface area contributed by atoms with E-state index < -0.39 is 24.4 Å². The fourth-order valence-electron chi connectivity index (χ4n) is 0.855. The van der Waals surface area contributed by atoms with E-state index in [-0.39, 0.29) is 5.56 Å². The van der Waals surface area contributed by atoms with Crippen molar-refractivity contribution in [3.05, 3.63) is 35.4 Å². The zero-order chi connectivity index (χ0) is 9.14. The smallest absolute Gasteiger partial charge is 0.132 e. The van der Waals surface area contributed by atoms with E-state index in [1.165, 1.54) is 0 Å². The lowest BCUT2D eigenvalue weighted by Crippen LogP contribution is -2.02. The molecule has 1 atom stereocenters. The number of hydrogen-bond donors (Lipinski definition) is 1. The van der Waals surface area contributed by atoms with Crippen molar-refractivity contribution in [2.45, 2.75) is 6.10 Å². The standard InChI is InChI=1S/C8H7F3O/c9-4-8(12)6-2-1-5(10)3-7(6)11/h1-3,8,12H,4H2. The van der Waals surface area contributed by atoms with Crippen LogP contribution < -0.4 is 0 Å². The van der Waals surface area contributed by atoms with Crippen molar-refractivity contribution >= 4 is 0 Å². The van der Waals surface area contributed by atoms with Crippen LogP contribution in [0.5, 0.6) is 0 Å². The van der Waals surface area contributed by atoms with E-state index in [9.17, 15) is 13.2 Å². The summed E-state index contributed by atoms with van der Waals surface area (Å²) in [5.41, 5.74) is -0.223. The molecule has 0 aliphatic rings. The van der Waals surface area contributed by atoms with Gasteiger partial charge in [-0.05, 0) is 6.07 Å². The van der Waals surface area contributed by atoms with E-state index in [0.717, 1.165) is 12.1 Å². The second-order valence-electron chi connectivity index (χ2n) is 2.34. The quantitative estimate of drug-likeness (QED) is 0.730. The Bertz CT molecular complexity index is 275. The van der Waals surface area contributed by atoms with Crippen LogP contribution in [0, 0.1) is 11.6 Å². The van der Waals surface area contributed by atoms with Crippen molar-refractivity contribution in [2.75, 3.05) is 6.67 Å². The molecule has 0 radical (unpaired) electrons. The molecule has 1 nitrogen and oxygen atoms in total. The summed E-state index contributed by atoms with van der Waals surface area (Å²) in [5, 5.41) is 8.86. The number of rotatable bonds is 2. The van der Waals surface area contributed by atoms with E-state index >= 15 is 0 Å². The minimum atomic E-state index is -1.51. The van der Waals surface area contributed by atoms with Crippen molar-refractivity contribution in [1.29, 1.82) is 0 Å². The van der Waals surface area contributed by atoms with Crippen LogP contribution in [-0.4, -0.2) is 11.8 Å². The van der Waals surface area contributed by atoms with Crippen molar-refractivity contribution in [2.24, 2.45) is 0 Å². The molecule has 0 saturated heterocycles. The lowest BCUT2D eigenvalue weighted by atomic mass is 10.1. The maximum atomic E-state index is 12.7. The predicted molar refractivity (Wildman–Crippen MR) is 37.3 cm³/mol. The Morgan fingerprint density at radius 2 is 2.00 bits per heavy atom. The molecule has 12 heavy (non-hydrogen) atoms. The molecule has 4 heteroatoms. The normalized spacial score (nSPS) is 13.0. The van der Waals surface area contributed by atoms with Crippen molar-refractivity contribution in [1.82, 2.24) is 0 Å². The molecule has 0 fully saturated rings. The highest BCUT2D eigenvalue weighted by molar-refractivity contribution is 5.20. The third kappa shape index (κ3) is 1.76. The molecule has 0 saturated carbocycles. The highest BCUT2D eigenvalue weighted by Crippen LogP contribution is 2.17. The van der Waals surface area contributed by atoms with Crippen LogP contribution in [-0.2, 0) is 0 Å². The number of aliphatic hydroxyl groups excluding tert-OH is 1. The van der Waals surface area contributed by atoms with Crippen LogP contribution in [0.2, 0.25) is 0 Å². The SMILES string of the molecule is OC(CF)c1ccc(F)cc1F. The summed E-state index contributed by atoms with van der Waals surface area (Å²) in [6, 6.07) is 2.60. The summed E-state index contributed by atoms with van der Waals surface area (Å²) in [6.45, 7) is -1.08. The number of aliphatic hydroxyl groups is 1. The molecule has 1 aromatic carbocycles. The zero-order valence-electron chi connectivity index (χ0n) is 6.10. The van der Waals surface area contributed by atoms with Gasteiger partial charge in [0.2, 0.25) is 0 Å². The Labute approximate surface area is 67.5 Å². The third-order valence-electron chi connectivity index (χ3n) is 1.47. The average molecular weight is 176 g/mol. The summed E-state index contributed by atoms with van der Waals surface area (Å²) in [6.07, 6.45) is -1.51. The molecule has 1 aromatic rings. The van der Waals surface area contributed by atoms with Crippen molar-refractivity contribution in [3.8, 4) is 0 Å². The molecule has 1 N–H and O–H groups in total. The zero-order valence-corrected chi connectivity index (χ0v) is 6.10. The summed E-state index contributed by atoms with van der Waals surface area (Å²) < 4.78 is 36.9. The fourth-order valence-corrected chi connectivity index (χ4v) is 0.855. The van der Waals surface area contributed by atoms with Crippen LogP contribution in [0.25, 0.3) is 0 Å².